The van der Waals surface area contributed by atoms with Crippen molar-refractivity contribution >= 4 is 0 Å². The summed E-state index contributed by atoms with van der Waals surface area (Å²) in [5.74, 6) is 0. The molecule has 138 valence electrons. The first-order valence-corrected chi connectivity index (χ1v) is 8.90. The molecule has 0 spiro atoms. The smallest absolute Gasteiger partial charge is 0.403 e. The van der Waals surface area contributed by atoms with Crippen molar-refractivity contribution in [2.24, 2.45) is 5.73 Å². The number of piperidine rings is 1. The number of benzene rings is 2. The van der Waals surface area contributed by atoms with Crippen molar-refractivity contribution in [3.8, 4) is 11.1 Å². The molecule has 1 unspecified atom stereocenters. The quantitative estimate of drug-likeness (QED) is 0.758. The lowest BCUT2D eigenvalue weighted by Crippen LogP contribution is -2.32. The average molecular weight is 360 g/mol. The molecule has 2 N–H and O–H groups in total. The fourth-order valence-corrected chi connectivity index (χ4v) is 3.90. The number of rotatable bonds is 3. The van der Waals surface area contributed by atoms with E-state index >= 15 is 0 Å². The Morgan fingerprint density at radius 3 is 2.38 bits per heavy atom. The Morgan fingerprint density at radius 1 is 1.08 bits per heavy atom. The molecule has 1 saturated heterocycles. The maximum atomic E-state index is 13.5. The largest absolute Gasteiger partial charge is 0.417 e. The van der Waals surface area contributed by atoms with E-state index in [9.17, 15) is 13.2 Å². The minimum Gasteiger partial charge on any atom is -0.403 e. The number of nitrogens with two attached hydrogens (primary N) is 1. The van der Waals surface area contributed by atoms with Crippen molar-refractivity contribution in [1.82, 2.24) is 4.90 Å². The SMILES string of the molecule is CCN1/C(=C\N)CCCC1c1ccccc1-c1ccccc1C(F)(F)F. The van der Waals surface area contributed by atoms with Gasteiger partial charge < -0.3 is 10.6 Å². The Balaban J connectivity index is 2.14. The van der Waals surface area contributed by atoms with Gasteiger partial charge in [0, 0.05) is 18.4 Å². The molecule has 1 fully saturated rings. The predicted octanol–water partition coefficient (Wildman–Crippen LogP) is 5.72. The van der Waals surface area contributed by atoms with Crippen LogP contribution < -0.4 is 5.73 Å². The van der Waals surface area contributed by atoms with E-state index in [0.29, 0.717) is 5.56 Å². The summed E-state index contributed by atoms with van der Waals surface area (Å²) in [4.78, 5) is 2.21. The van der Waals surface area contributed by atoms with E-state index < -0.39 is 11.7 Å². The molecule has 5 heteroatoms. The molecule has 3 rings (SSSR count). The summed E-state index contributed by atoms with van der Waals surface area (Å²) in [5.41, 5.74) is 8.04. The molecule has 1 aliphatic heterocycles. The molecule has 0 amide bonds. The van der Waals surface area contributed by atoms with Gasteiger partial charge in [-0.1, -0.05) is 42.5 Å². The first-order chi connectivity index (χ1) is 12.5. The second kappa shape index (κ2) is 7.44. The van der Waals surface area contributed by atoms with Crippen LogP contribution in [-0.2, 0) is 6.18 Å². The van der Waals surface area contributed by atoms with Gasteiger partial charge in [0.15, 0.2) is 0 Å². The summed E-state index contributed by atoms with van der Waals surface area (Å²) in [7, 11) is 0. The number of halogens is 3. The van der Waals surface area contributed by atoms with Gasteiger partial charge in [-0.05, 0) is 48.9 Å². The first kappa shape index (κ1) is 18.4. The molecular weight excluding hydrogens is 337 g/mol. The van der Waals surface area contributed by atoms with Gasteiger partial charge in [-0.15, -0.1) is 0 Å². The highest BCUT2D eigenvalue weighted by atomic mass is 19.4. The molecule has 0 radical (unpaired) electrons. The van der Waals surface area contributed by atoms with E-state index in [-0.39, 0.29) is 11.6 Å². The lowest BCUT2D eigenvalue weighted by atomic mass is 9.87. The Labute approximate surface area is 152 Å². The summed E-state index contributed by atoms with van der Waals surface area (Å²) in [6, 6.07) is 13.2. The van der Waals surface area contributed by atoms with E-state index in [0.717, 1.165) is 43.1 Å². The summed E-state index contributed by atoms with van der Waals surface area (Å²) < 4.78 is 40.6. The monoisotopic (exact) mass is 360 g/mol. The average Bonchev–Trinajstić information content (AvgIpc) is 2.66. The maximum absolute atomic E-state index is 13.5. The van der Waals surface area contributed by atoms with E-state index in [2.05, 4.69) is 4.90 Å². The number of likely N-dealkylation sites (tertiary alicyclic amines) is 1. The third kappa shape index (κ3) is 3.43. The fourth-order valence-electron chi connectivity index (χ4n) is 3.90. The van der Waals surface area contributed by atoms with Gasteiger partial charge in [-0.3, -0.25) is 0 Å². The number of hydrogen-bond acceptors (Lipinski definition) is 2. The zero-order valence-corrected chi connectivity index (χ0v) is 14.8. The normalized spacial score (nSPS) is 19.8. The molecule has 1 aliphatic rings. The summed E-state index contributed by atoms with van der Waals surface area (Å²) in [6.45, 7) is 2.82. The van der Waals surface area contributed by atoms with E-state index in [1.807, 2.05) is 19.1 Å². The van der Waals surface area contributed by atoms with Crippen molar-refractivity contribution in [2.45, 2.75) is 38.4 Å². The third-order valence-electron chi connectivity index (χ3n) is 5.03. The van der Waals surface area contributed by atoms with Crippen LogP contribution in [0.4, 0.5) is 13.2 Å². The van der Waals surface area contributed by atoms with Crippen LogP contribution in [0.5, 0.6) is 0 Å². The first-order valence-electron chi connectivity index (χ1n) is 8.90. The number of allylic oxidation sites excluding steroid dienone is 1. The third-order valence-corrected chi connectivity index (χ3v) is 5.03. The summed E-state index contributed by atoms with van der Waals surface area (Å²) >= 11 is 0. The number of nitrogens with zero attached hydrogens (tertiary/aromatic N) is 1. The van der Waals surface area contributed by atoms with Gasteiger partial charge in [-0.2, -0.15) is 13.2 Å². The van der Waals surface area contributed by atoms with Gasteiger partial charge in [0.05, 0.1) is 11.6 Å². The topological polar surface area (TPSA) is 29.3 Å². The van der Waals surface area contributed by atoms with Crippen molar-refractivity contribution in [1.29, 1.82) is 0 Å². The molecule has 0 aromatic heterocycles. The zero-order chi connectivity index (χ0) is 18.7. The fraction of sp³-hybridized carbons (Fsp3) is 0.333. The van der Waals surface area contributed by atoms with Gasteiger partial charge >= 0.3 is 6.18 Å². The highest BCUT2D eigenvalue weighted by Crippen LogP contribution is 2.43. The molecule has 0 aliphatic carbocycles. The van der Waals surface area contributed by atoms with Gasteiger partial charge in [-0.25, -0.2) is 0 Å². The van der Waals surface area contributed by atoms with E-state index in [1.54, 1.807) is 30.5 Å². The summed E-state index contributed by atoms with van der Waals surface area (Å²) in [5, 5.41) is 0. The minimum atomic E-state index is -4.39. The van der Waals surface area contributed by atoms with E-state index in [4.69, 9.17) is 5.73 Å². The molecule has 26 heavy (non-hydrogen) atoms. The lowest BCUT2D eigenvalue weighted by Gasteiger charge is -2.40. The van der Waals surface area contributed by atoms with E-state index in [1.165, 1.54) is 6.07 Å². The van der Waals surface area contributed by atoms with Crippen LogP contribution in [0.3, 0.4) is 0 Å². The predicted molar refractivity (Wildman–Crippen MR) is 98.1 cm³/mol. The van der Waals surface area contributed by atoms with Crippen LogP contribution in [0.1, 0.15) is 43.4 Å². The second-order valence-corrected chi connectivity index (χ2v) is 6.48. The highest BCUT2D eigenvalue weighted by molar-refractivity contribution is 5.72. The molecule has 1 atom stereocenters. The van der Waals surface area contributed by atoms with Crippen molar-refractivity contribution in [3.63, 3.8) is 0 Å². The minimum absolute atomic E-state index is 0.0287. The molecule has 2 aromatic carbocycles. The second-order valence-electron chi connectivity index (χ2n) is 6.48. The van der Waals surface area contributed by atoms with Crippen LogP contribution in [-0.4, -0.2) is 11.4 Å². The van der Waals surface area contributed by atoms with Gasteiger partial charge in [0.2, 0.25) is 0 Å². The van der Waals surface area contributed by atoms with Crippen molar-refractivity contribution < 1.29 is 13.2 Å². The molecule has 1 heterocycles. The van der Waals surface area contributed by atoms with Crippen LogP contribution in [0.2, 0.25) is 0 Å². The van der Waals surface area contributed by atoms with Crippen molar-refractivity contribution in [2.75, 3.05) is 6.54 Å². The molecule has 0 saturated carbocycles. The maximum Gasteiger partial charge on any atom is 0.417 e. The van der Waals surface area contributed by atoms with Crippen LogP contribution in [0.25, 0.3) is 11.1 Å². The lowest BCUT2D eigenvalue weighted by molar-refractivity contribution is -0.137. The number of alkyl halides is 3. The Bertz CT molecular complexity index is 796. The molecule has 2 aromatic rings. The Hall–Kier alpha value is -2.43. The van der Waals surface area contributed by atoms with Gasteiger partial charge in [0.1, 0.15) is 0 Å². The summed E-state index contributed by atoms with van der Waals surface area (Å²) in [6.07, 6.45) is 0.0168. The highest BCUT2D eigenvalue weighted by Gasteiger charge is 2.35. The Kier molecular flexibility index (Phi) is 5.25. The van der Waals surface area contributed by atoms with Gasteiger partial charge in [0.25, 0.3) is 0 Å². The molecule has 2 nitrogen and oxygen atoms in total. The van der Waals surface area contributed by atoms with Crippen LogP contribution in [0.15, 0.2) is 60.4 Å². The zero-order valence-electron chi connectivity index (χ0n) is 14.8. The van der Waals surface area contributed by atoms with Crippen LogP contribution >= 0.6 is 0 Å². The molecule has 0 bridgehead atoms. The van der Waals surface area contributed by atoms with Crippen LogP contribution in [0, 0.1) is 0 Å². The Morgan fingerprint density at radius 2 is 1.73 bits per heavy atom. The molecular formula is C21H23F3N2. The standard InChI is InChI=1S/C21H23F3N2/c1-2-26-15(14-25)8-7-13-20(26)18-11-4-3-9-16(18)17-10-5-6-12-19(17)21(22,23)24/h3-6,9-12,14,20H,2,7-8,13,25H2,1H3/b15-14-. The number of hydrogen-bond donors (Lipinski definition) is 1. The van der Waals surface area contributed by atoms with Crippen molar-refractivity contribution in [3.05, 3.63) is 71.6 Å².